The second-order valence-electron chi connectivity index (χ2n) is 6.15. The zero-order valence-electron chi connectivity index (χ0n) is 12.3. The molecule has 4 nitrogen and oxygen atoms in total. The van der Waals surface area contributed by atoms with Gasteiger partial charge in [0.15, 0.2) is 0 Å². The summed E-state index contributed by atoms with van der Waals surface area (Å²) in [7, 11) is 2.17. The first-order valence-corrected chi connectivity index (χ1v) is 7.59. The molecular weight excluding hydrogens is 250 g/mol. The highest BCUT2D eigenvalue weighted by Gasteiger charge is 2.36. The van der Waals surface area contributed by atoms with Crippen LogP contribution in [0.2, 0.25) is 0 Å². The first kappa shape index (κ1) is 14.0. The van der Waals surface area contributed by atoms with Gasteiger partial charge >= 0.3 is 0 Å². The van der Waals surface area contributed by atoms with Crippen LogP contribution in [0.3, 0.4) is 0 Å². The quantitative estimate of drug-likeness (QED) is 0.869. The first-order valence-electron chi connectivity index (χ1n) is 7.59. The molecule has 2 saturated heterocycles. The zero-order valence-corrected chi connectivity index (χ0v) is 12.3. The molecule has 0 aliphatic carbocycles. The number of hydrogen-bond acceptors (Lipinski definition) is 4. The Bertz CT molecular complexity index is 417. The fourth-order valence-corrected chi connectivity index (χ4v) is 3.33. The largest absolute Gasteiger partial charge is 0.390 e. The second-order valence-corrected chi connectivity index (χ2v) is 6.15. The van der Waals surface area contributed by atoms with Crippen molar-refractivity contribution in [2.75, 3.05) is 46.3 Å². The molecule has 2 unspecified atom stereocenters. The average molecular weight is 275 g/mol. The van der Waals surface area contributed by atoms with Crippen molar-refractivity contribution in [3.8, 4) is 0 Å². The van der Waals surface area contributed by atoms with Crippen molar-refractivity contribution in [1.29, 1.82) is 0 Å². The van der Waals surface area contributed by atoms with Crippen molar-refractivity contribution in [1.82, 2.24) is 14.7 Å². The molecule has 2 atom stereocenters. The van der Waals surface area contributed by atoms with Crippen LogP contribution in [-0.2, 0) is 6.54 Å². The summed E-state index contributed by atoms with van der Waals surface area (Å²) in [6.07, 6.45) is -0.206. The van der Waals surface area contributed by atoms with Crippen LogP contribution >= 0.6 is 0 Å². The Labute approximate surface area is 121 Å². The van der Waals surface area contributed by atoms with Crippen molar-refractivity contribution in [2.24, 2.45) is 0 Å². The molecule has 2 fully saturated rings. The average Bonchev–Trinajstić information content (AvgIpc) is 2.81. The van der Waals surface area contributed by atoms with E-state index in [0.29, 0.717) is 6.04 Å². The Kier molecular flexibility index (Phi) is 4.36. The summed E-state index contributed by atoms with van der Waals surface area (Å²) in [6, 6.07) is 10.9. The topological polar surface area (TPSA) is 30.0 Å². The Balaban J connectivity index is 1.56. The van der Waals surface area contributed by atoms with Gasteiger partial charge in [-0.3, -0.25) is 9.80 Å². The Morgan fingerprint density at radius 2 is 1.75 bits per heavy atom. The summed E-state index contributed by atoms with van der Waals surface area (Å²) in [6.45, 7) is 7.12. The SMILES string of the molecule is CN1CCN(C2CN(Cc3ccccc3)CC2O)CC1. The lowest BCUT2D eigenvalue weighted by molar-refractivity contribution is 0.0512. The van der Waals surface area contributed by atoms with Crippen LogP contribution in [-0.4, -0.2) is 78.3 Å². The normalized spacial score (nSPS) is 29.9. The number of nitrogens with zero attached hydrogens (tertiary/aromatic N) is 3. The molecule has 1 N–H and O–H groups in total. The third-order valence-corrected chi connectivity index (χ3v) is 4.59. The van der Waals surface area contributed by atoms with Gasteiger partial charge in [-0.1, -0.05) is 30.3 Å². The smallest absolute Gasteiger partial charge is 0.0834 e. The molecule has 0 amide bonds. The van der Waals surface area contributed by atoms with E-state index in [1.54, 1.807) is 0 Å². The molecule has 1 aromatic rings. The van der Waals surface area contributed by atoms with Gasteiger partial charge in [0.25, 0.3) is 0 Å². The summed E-state index contributed by atoms with van der Waals surface area (Å²) in [5.41, 5.74) is 1.33. The number of aliphatic hydroxyl groups excluding tert-OH is 1. The van der Waals surface area contributed by atoms with Gasteiger partial charge in [0.2, 0.25) is 0 Å². The van der Waals surface area contributed by atoms with Crippen molar-refractivity contribution in [3.63, 3.8) is 0 Å². The summed E-state index contributed by atoms with van der Waals surface area (Å²) in [4.78, 5) is 7.21. The van der Waals surface area contributed by atoms with Crippen molar-refractivity contribution >= 4 is 0 Å². The van der Waals surface area contributed by atoms with Crippen LogP contribution in [0.25, 0.3) is 0 Å². The van der Waals surface area contributed by atoms with Gasteiger partial charge in [0.1, 0.15) is 0 Å². The molecule has 3 rings (SSSR count). The maximum atomic E-state index is 10.4. The summed E-state index contributed by atoms with van der Waals surface area (Å²) < 4.78 is 0. The Morgan fingerprint density at radius 1 is 1.05 bits per heavy atom. The van der Waals surface area contributed by atoms with E-state index in [9.17, 15) is 5.11 Å². The van der Waals surface area contributed by atoms with Crippen LogP contribution < -0.4 is 0 Å². The molecule has 2 aliphatic heterocycles. The van der Waals surface area contributed by atoms with Crippen LogP contribution in [0.4, 0.5) is 0 Å². The van der Waals surface area contributed by atoms with Gasteiger partial charge in [0, 0.05) is 51.9 Å². The highest BCUT2D eigenvalue weighted by Crippen LogP contribution is 2.19. The zero-order chi connectivity index (χ0) is 13.9. The molecule has 20 heavy (non-hydrogen) atoms. The lowest BCUT2D eigenvalue weighted by Crippen LogP contribution is -2.52. The molecular formula is C16H25N3O. The third kappa shape index (κ3) is 3.20. The van der Waals surface area contributed by atoms with E-state index >= 15 is 0 Å². The maximum absolute atomic E-state index is 10.4. The standard InChI is InChI=1S/C16H25N3O/c1-17-7-9-19(10-8-17)15-12-18(13-16(15)20)11-14-5-3-2-4-6-14/h2-6,15-16,20H,7-13H2,1H3. The summed E-state index contributed by atoms with van der Waals surface area (Å²) >= 11 is 0. The van der Waals surface area contributed by atoms with E-state index in [0.717, 1.165) is 45.8 Å². The van der Waals surface area contributed by atoms with Gasteiger partial charge in [-0.25, -0.2) is 0 Å². The summed E-state index contributed by atoms with van der Waals surface area (Å²) in [5.74, 6) is 0. The number of aliphatic hydroxyl groups is 1. The van der Waals surface area contributed by atoms with Crippen LogP contribution in [0, 0.1) is 0 Å². The minimum atomic E-state index is -0.206. The molecule has 1 aromatic carbocycles. The van der Waals surface area contributed by atoms with E-state index in [1.165, 1.54) is 5.56 Å². The van der Waals surface area contributed by atoms with Gasteiger partial charge in [0.05, 0.1) is 6.10 Å². The Hall–Kier alpha value is -0.940. The van der Waals surface area contributed by atoms with Crippen LogP contribution in [0.15, 0.2) is 30.3 Å². The predicted molar refractivity (Wildman–Crippen MR) is 80.6 cm³/mol. The van der Waals surface area contributed by atoms with Gasteiger partial charge < -0.3 is 10.0 Å². The molecule has 2 heterocycles. The van der Waals surface area contributed by atoms with E-state index in [4.69, 9.17) is 0 Å². The third-order valence-electron chi connectivity index (χ3n) is 4.59. The number of hydrogen-bond donors (Lipinski definition) is 1. The van der Waals surface area contributed by atoms with Crippen molar-refractivity contribution in [3.05, 3.63) is 35.9 Å². The minimum absolute atomic E-state index is 0.206. The molecule has 110 valence electrons. The number of likely N-dealkylation sites (tertiary alicyclic amines) is 1. The van der Waals surface area contributed by atoms with Gasteiger partial charge in [-0.2, -0.15) is 0 Å². The minimum Gasteiger partial charge on any atom is -0.390 e. The van der Waals surface area contributed by atoms with Gasteiger partial charge in [-0.05, 0) is 12.6 Å². The molecule has 0 saturated carbocycles. The summed E-state index contributed by atoms with van der Waals surface area (Å²) in [5, 5.41) is 10.4. The van der Waals surface area contributed by atoms with Crippen molar-refractivity contribution < 1.29 is 5.11 Å². The highest BCUT2D eigenvalue weighted by atomic mass is 16.3. The van der Waals surface area contributed by atoms with Crippen molar-refractivity contribution in [2.45, 2.75) is 18.7 Å². The predicted octanol–water partition coefficient (Wildman–Crippen LogP) is 0.479. The number of likely N-dealkylation sites (N-methyl/N-ethyl adjacent to an activating group) is 1. The van der Waals surface area contributed by atoms with Gasteiger partial charge in [-0.15, -0.1) is 0 Å². The lowest BCUT2D eigenvalue weighted by atomic mass is 10.1. The fourth-order valence-electron chi connectivity index (χ4n) is 3.33. The lowest BCUT2D eigenvalue weighted by Gasteiger charge is -2.37. The molecule has 0 radical (unpaired) electrons. The van der Waals surface area contributed by atoms with Crippen LogP contribution in [0.5, 0.6) is 0 Å². The van der Waals surface area contributed by atoms with E-state index in [1.807, 2.05) is 0 Å². The van der Waals surface area contributed by atoms with E-state index in [2.05, 4.69) is 52.1 Å². The second kappa shape index (κ2) is 6.22. The highest BCUT2D eigenvalue weighted by molar-refractivity contribution is 5.15. The van der Waals surface area contributed by atoms with E-state index < -0.39 is 0 Å². The molecule has 0 spiro atoms. The first-order chi connectivity index (χ1) is 9.72. The number of β-amino-alcohol motifs (C(OH)–C–C–N with tert-alkyl or cyclic N) is 1. The van der Waals surface area contributed by atoms with Crippen LogP contribution in [0.1, 0.15) is 5.56 Å². The fraction of sp³-hybridized carbons (Fsp3) is 0.625. The Morgan fingerprint density at radius 3 is 2.45 bits per heavy atom. The maximum Gasteiger partial charge on any atom is 0.0834 e. The number of piperazine rings is 1. The molecule has 2 aliphatic rings. The molecule has 4 heteroatoms. The number of benzene rings is 1. The van der Waals surface area contributed by atoms with E-state index in [-0.39, 0.29) is 6.10 Å². The molecule has 0 bridgehead atoms. The monoisotopic (exact) mass is 275 g/mol. The molecule has 0 aromatic heterocycles. The number of rotatable bonds is 3.